The molecule has 0 bridgehead atoms. The van der Waals surface area contributed by atoms with Crippen LogP contribution in [0.25, 0.3) is 17.1 Å². The molecule has 4 rings (SSSR count). The molecule has 1 N–H and O–H groups in total. The van der Waals surface area contributed by atoms with Crippen molar-refractivity contribution < 1.29 is 9.21 Å². The highest BCUT2D eigenvalue weighted by atomic mass is 16.3. The number of aromatic nitrogens is 2. The molecule has 4 aromatic rings. The summed E-state index contributed by atoms with van der Waals surface area (Å²) in [6.45, 7) is 5.98. The first-order chi connectivity index (χ1) is 13.0. The minimum atomic E-state index is -0.175. The van der Waals surface area contributed by atoms with Crippen LogP contribution in [0.3, 0.4) is 0 Å². The summed E-state index contributed by atoms with van der Waals surface area (Å²) in [6, 6.07) is 15.3. The number of imidazole rings is 1. The number of aryl methyl sites for hydroxylation is 3. The molecule has 0 aliphatic heterocycles. The van der Waals surface area contributed by atoms with Crippen molar-refractivity contribution in [3.8, 4) is 11.5 Å². The average Bonchev–Trinajstić information content (AvgIpc) is 3.25. The lowest BCUT2D eigenvalue weighted by molar-refractivity contribution is 0.102. The van der Waals surface area contributed by atoms with Crippen LogP contribution >= 0.6 is 0 Å². The molecule has 27 heavy (non-hydrogen) atoms. The molecule has 3 heterocycles. The molecule has 0 saturated heterocycles. The summed E-state index contributed by atoms with van der Waals surface area (Å²) in [5.41, 5.74) is 4.25. The van der Waals surface area contributed by atoms with Crippen LogP contribution in [0.1, 0.15) is 34.2 Å². The van der Waals surface area contributed by atoms with Crippen molar-refractivity contribution in [2.45, 2.75) is 27.2 Å². The van der Waals surface area contributed by atoms with E-state index in [-0.39, 0.29) is 5.91 Å². The zero-order valence-corrected chi connectivity index (χ0v) is 15.6. The van der Waals surface area contributed by atoms with Gasteiger partial charge in [0.05, 0.1) is 0 Å². The number of benzene rings is 1. The van der Waals surface area contributed by atoms with Gasteiger partial charge in [-0.25, -0.2) is 4.98 Å². The van der Waals surface area contributed by atoms with E-state index in [1.54, 1.807) is 0 Å². The third-order valence-electron chi connectivity index (χ3n) is 4.60. The van der Waals surface area contributed by atoms with Gasteiger partial charge in [0.15, 0.2) is 5.76 Å². The first-order valence-corrected chi connectivity index (χ1v) is 9.01. The minimum Gasteiger partial charge on any atom is -0.460 e. The predicted octanol–water partition coefficient (Wildman–Crippen LogP) is 5.03. The maximum absolute atomic E-state index is 12.8. The number of hydrogen-bond acceptors (Lipinski definition) is 3. The Balaban J connectivity index is 1.78. The molecule has 0 spiro atoms. The average molecular weight is 359 g/mol. The van der Waals surface area contributed by atoms with Crippen molar-refractivity contribution in [1.29, 1.82) is 0 Å². The molecule has 0 saturated carbocycles. The Hall–Kier alpha value is -3.34. The van der Waals surface area contributed by atoms with E-state index in [1.165, 1.54) is 5.56 Å². The number of furan rings is 1. The zero-order valence-electron chi connectivity index (χ0n) is 15.6. The second-order valence-corrected chi connectivity index (χ2v) is 6.66. The standard InChI is InChI=1S/C22H21N3O2/c1-4-16-7-9-17(10-8-16)22(26)24-21-20(18-11-6-15(3)27-18)23-19-12-5-14(2)13-25(19)21/h5-13H,4H2,1-3H3,(H,24,26). The molecule has 5 nitrogen and oxygen atoms in total. The smallest absolute Gasteiger partial charge is 0.256 e. The maximum atomic E-state index is 12.8. The highest BCUT2D eigenvalue weighted by molar-refractivity contribution is 6.05. The van der Waals surface area contributed by atoms with E-state index in [0.717, 1.165) is 23.4 Å². The Morgan fingerprint density at radius 2 is 1.85 bits per heavy atom. The third kappa shape index (κ3) is 3.24. The Labute approximate surface area is 157 Å². The van der Waals surface area contributed by atoms with E-state index in [1.807, 2.05) is 73.0 Å². The lowest BCUT2D eigenvalue weighted by Crippen LogP contribution is -2.14. The summed E-state index contributed by atoms with van der Waals surface area (Å²) in [5.74, 6) is 1.86. The number of pyridine rings is 1. The van der Waals surface area contributed by atoms with Gasteiger partial charge < -0.3 is 9.73 Å². The van der Waals surface area contributed by atoms with Crippen molar-refractivity contribution in [2.24, 2.45) is 0 Å². The largest absolute Gasteiger partial charge is 0.460 e. The molecule has 3 aromatic heterocycles. The van der Waals surface area contributed by atoms with Gasteiger partial charge in [-0.05, 0) is 61.7 Å². The van der Waals surface area contributed by atoms with E-state index < -0.39 is 0 Å². The van der Waals surface area contributed by atoms with Crippen LogP contribution in [0.15, 0.2) is 59.1 Å². The van der Waals surface area contributed by atoms with Crippen LogP contribution in [0.4, 0.5) is 5.82 Å². The quantitative estimate of drug-likeness (QED) is 0.556. The van der Waals surface area contributed by atoms with Crippen LogP contribution < -0.4 is 5.32 Å². The fraction of sp³-hybridized carbons (Fsp3) is 0.182. The molecule has 0 aliphatic rings. The molecule has 1 amide bonds. The monoisotopic (exact) mass is 359 g/mol. The molecule has 0 aliphatic carbocycles. The van der Waals surface area contributed by atoms with Gasteiger partial charge in [0.25, 0.3) is 5.91 Å². The SMILES string of the molecule is CCc1ccc(C(=O)Nc2c(-c3ccc(C)o3)nc3ccc(C)cn23)cc1. The summed E-state index contributed by atoms with van der Waals surface area (Å²) < 4.78 is 7.65. The summed E-state index contributed by atoms with van der Waals surface area (Å²) in [4.78, 5) is 17.5. The number of amides is 1. The van der Waals surface area contributed by atoms with Crippen LogP contribution in [0, 0.1) is 13.8 Å². The Bertz CT molecular complexity index is 1120. The van der Waals surface area contributed by atoms with Crippen molar-refractivity contribution in [2.75, 3.05) is 5.32 Å². The van der Waals surface area contributed by atoms with E-state index in [9.17, 15) is 4.79 Å². The molecule has 136 valence electrons. The highest BCUT2D eigenvalue weighted by Gasteiger charge is 2.19. The Morgan fingerprint density at radius 1 is 1.07 bits per heavy atom. The molecule has 5 heteroatoms. The predicted molar refractivity (Wildman–Crippen MR) is 106 cm³/mol. The van der Waals surface area contributed by atoms with E-state index in [4.69, 9.17) is 4.42 Å². The highest BCUT2D eigenvalue weighted by Crippen LogP contribution is 2.30. The minimum absolute atomic E-state index is 0.175. The fourth-order valence-electron chi connectivity index (χ4n) is 3.08. The van der Waals surface area contributed by atoms with Gasteiger partial charge in [-0.2, -0.15) is 0 Å². The van der Waals surface area contributed by atoms with Crippen LogP contribution in [0.2, 0.25) is 0 Å². The third-order valence-corrected chi connectivity index (χ3v) is 4.60. The van der Waals surface area contributed by atoms with Gasteiger partial charge in [-0.1, -0.05) is 25.1 Å². The maximum Gasteiger partial charge on any atom is 0.256 e. The Kier molecular flexibility index (Phi) is 4.28. The fourth-order valence-corrected chi connectivity index (χ4v) is 3.08. The van der Waals surface area contributed by atoms with Gasteiger partial charge in [0.1, 0.15) is 22.9 Å². The second-order valence-electron chi connectivity index (χ2n) is 6.66. The van der Waals surface area contributed by atoms with Crippen molar-refractivity contribution in [3.05, 3.63) is 77.2 Å². The van der Waals surface area contributed by atoms with Crippen LogP contribution in [-0.4, -0.2) is 15.3 Å². The van der Waals surface area contributed by atoms with Crippen molar-refractivity contribution >= 4 is 17.4 Å². The normalized spacial score (nSPS) is 11.1. The van der Waals surface area contributed by atoms with Gasteiger partial charge in [0, 0.05) is 11.8 Å². The second kappa shape index (κ2) is 6.76. The number of nitrogens with one attached hydrogen (secondary N) is 1. The molecule has 0 radical (unpaired) electrons. The lowest BCUT2D eigenvalue weighted by atomic mass is 10.1. The number of nitrogens with zero attached hydrogens (tertiary/aromatic N) is 2. The van der Waals surface area contributed by atoms with Gasteiger partial charge >= 0.3 is 0 Å². The molecule has 0 fully saturated rings. The van der Waals surface area contributed by atoms with Crippen molar-refractivity contribution in [3.63, 3.8) is 0 Å². The Morgan fingerprint density at radius 3 is 2.52 bits per heavy atom. The molecular formula is C22H21N3O2. The van der Waals surface area contributed by atoms with Crippen LogP contribution in [-0.2, 0) is 6.42 Å². The zero-order chi connectivity index (χ0) is 19.0. The van der Waals surface area contributed by atoms with E-state index >= 15 is 0 Å². The number of fused-ring (bicyclic) bond motifs is 1. The molecular weight excluding hydrogens is 338 g/mol. The lowest BCUT2D eigenvalue weighted by Gasteiger charge is -2.08. The van der Waals surface area contributed by atoms with E-state index in [2.05, 4.69) is 17.2 Å². The van der Waals surface area contributed by atoms with E-state index in [0.29, 0.717) is 22.8 Å². The summed E-state index contributed by atoms with van der Waals surface area (Å²) in [6.07, 6.45) is 2.90. The number of rotatable bonds is 4. The van der Waals surface area contributed by atoms with Crippen LogP contribution in [0.5, 0.6) is 0 Å². The van der Waals surface area contributed by atoms with Gasteiger partial charge in [-0.15, -0.1) is 0 Å². The topological polar surface area (TPSA) is 59.5 Å². The number of hydrogen-bond donors (Lipinski definition) is 1. The van der Waals surface area contributed by atoms with Gasteiger partial charge in [0.2, 0.25) is 0 Å². The van der Waals surface area contributed by atoms with Gasteiger partial charge in [-0.3, -0.25) is 9.20 Å². The number of carbonyl (C=O) groups is 1. The van der Waals surface area contributed by atoms with Crippen molar-refractivity contribution in [1.82, 2.24) is 9.38 Å². The molecule has 0 unspecified atom stereocenters. The first kappa shape index (κ1) is 17.1. The number of carbonyl (C=O) groups excluding carboxylic acids is 1. The first-order valence-electron chi connectivity index (χ1n) is 9.01. The molecule has 0 atom stereocenters. The molecule has 1 aromatic carbocycles. The number of anilines is 1. The summed E-state index contributed by atoms with van der Waals surface area (Å²) in [5, 5.41) is 3.02. The summed E-state index contributed by atoms with van der Waals surface area (Å²) >= 11 is 0. The summed E-state index contributed by atoms with van der Waals surface area (Å²) in [7, 11) is 0.